The van der Waals surface area contributed by atoms with Crippen molar-refractivity contribution < 1.29 is 19.0 Å². The molecule has 0 unspecified atom stereocenters. The third-order valence-electron chi connectivity index (χ3n) is 4.22. The quantitative estimate of drug-likeness (QED) is 0.447. The fraction of sp³-hybridized carbons (Fsp3) is 0.190. The lowest BCUT2D eigenvalue weighted by atomic mass is 10.1. The largest absolute Gasteiger partial charge is 0.493 e. The minimum atomic E-state index is -0.124. The summed E-state index contributed by atoms with van der Waals surface area (Å²) in [6.45, 7) is 2.07. The molecule has 0 aliphatic carbocycles. The number of carbonyl (C=O) groups is 1. The average molecular weight is 368 g/mol. The number of hydrogen-bond donors (Lipinski definition) is 0. The van der Waals surface area contributed by atoms with Crippen LogP contribution in [0.3, 0.4) is 0 Å². The van der Waals surface area contributed by atoms with E-state index >= 15 is 0 Å². The number of hydrogen-bond acceptors (Lipinski definition) is 5. The van der Waals surface area contributed by atoms with Crippen LogP contribution in [0.25, 0.3) is 16.2 Å². The average Bonchev–Trinajstić information content (AvgIpc) is 3.00. The van der Waals surface area contributed by atoms with Gasteiger partial charge in [0, 0.05) is 15.1 Å². The molecule has 26 heavy (non-hydrogen) atoms. The highest BCUT2D eigenvalue weighted by atomic mass is 32.1. The highest BCUT2D eigenvalue weighted by Crippen LogP contribution is 2.38. The summed E-state index contributed by atoms with van der Waals surface area (Å²) in [5, 5.41) is 1.22. The molecule has 1 heterocycles. The molecule has 0 saturated heterocycles. The summed E-state index contributed by atoms with van der Waals surface area (Å²) >= 11 is 1.67. The molecule has 0 aliphatic heterocycles. The van der Waals surface area contributed by atoms with Crippen LogP contribution in [-0.2, 0) is 0 Å². The predicted octanol–water partition coefficient (Wildman–Crippen LogP) is 5.13. The zero-order valence-electron chi connectivity index (χ0n) is 15.2. The Labute approximate surface area is 156 Å². The third kappa shape index (κ3) is 3.30. The van der Waals surface area contributed by atoms with Crippen molar-refractivity contribution in [3.05, 3.63) is 58.5 Å². The van der Waals surface area contributed by atoms with Crippen molar-refractivity contribution in [1.29, 1.82) is 0 Å². The minimum Gasteiger partial charge on any atom is -0.493 e. The first kappa shape index (κ1) is 18.0. The number of methoxy groups -OCH3 is 3. The molecular formula is C21H20O4S. The van der Waals surface area contributed by atoms with Gasteiger partial charge in [-0.1, -0.05) is 18.2 Å². The fourth-order valence-corrected chi connectivity index (χ4v) is 3.94. The summed E-state index contributed by atoms with van der Waals surface area (Å²) < 4.78 is 17.1. The lowest BCUT2D eigenvalue weighted by molar-refractivity contribution is 0.104. The molecule has 0 amide bonds. The molecule has 134 valence electrons. The summed E-state index contributed by atoms with van der Waals surface area (Å²) in [4.78, 5) is 13.7. The van der Waals surface area contributed by atoms with E-state index in [-0.39, 0.29) is 5.78 Å². The second-order valence-electron chi connectivity index (χ2n) is 5.70. The van der Waals surface area contributed by atoms with Crippen molar-refractivity contribution in [3.63, 3.8) is 0 Å². The van der Waals surface area contributed by atoms with Crippen LogP contribution in [-0.4, -0.2) is 27.1 Å². The Balaban J connectivity index is 1.94. The zero-order chi connectivity index (χ0) is 18.7. The highest BCUT2D eigenvalue weighted by molar-refractivity contribution is 7.20. The van der Waals surface area contributed by atoms with Crippen LogP contribution < -0.4 is 14.2 Å². The molecule has 0 aliphatic rings. The number of ether oxygens (including phenoxy) is 3. The molecule has 5 heteroatoms. The topological polar surface area (TPSA) is 44.8 Å². The van der Waals surface area contributed by atoms with Crippen LogP contribution in [0.4, 0.5) is 0 Å². The van der Waals surface area contributed by atoms with Crippen LogP contribution >= 0.6 is 11.3 Å². The zero-order valence-corrected chi connectivity index (χ0v) is 16.0. The number of thiophene rings is 1. The van der Waals surface area contributed by atoms with Crippen molar-refractivity contribution in [2.45, 2.75) is 6.92 Å². The lowest BCUT2D eigenvalue weighted by Crippen LogP contribution is -2.00. The van der Waals surface area contributed by atoms with Gasteiger partial charge in [-0.2, -0.15) is 0 Å². The van der Waals surface area contributed by atoms with E-state index in [9.17, 15) is 4.79 Å². The maximum atomic E-state index is 12.6. The van der Waals surface area contributed by atoms with Gasteiger partial charge in [-0.3, -0.25) is 4.79 Å². The van der Waals surface area contributed by atoms with Gasteiger partial charge >= 0.3 is 0 Å². The fourth-order valence-electron chi connectivity index (χ4n) is 2.82. The van der Waals surface area contributed by atoms with Gasteiger partial charge in [0.1, 0.15) is 0 Å². The first-order valence-electron chi connectivity index (χ1n) is 8.09. The van der Waals surface area contributed by atoms with Crippen molar-refractivity contribution >= 4 is 33.3 Å². The van der Waals surface area contributed by atoms with E-state index in [1.54, 1.807) is 29.5 Å². The summed E-state index contributed by atoms with van der Waals surface area (Å²) in [6.07, 6.45) is 3.45. The van der Waals surface area contributed by atoms with Crippen LogP contribution in [0.2, 0.25) is 0 Å². The Hall–Kier alpha value is -2.79. The Morgan fingerprint density at radius 1 is 1.00 bits per heavy atom. The van der Waals surface area contributed by atoms with Crippen LogP contribution in [0, 0.1) is 6.92 Å². The van der Waals surface area contributed by atoms with Crippen LogP contribution in [0.5, 0.6) is 17.2 Å². The van der Waals surface area contributed by atoms with Gasteiger partial charge in [0.05, 0.1) is 21.3 Å². The molecule has 0 spiro atoms. The second kappa shape index (κ2) is 7.62. The van der Waals surface area contributed by atoms with Crippen molar-refractivity contribution in [2.24, 2.45) is 0 Å². The number of allylic oxidation sites excluding steroid dienone is 1. The van der Waals surface area contributed by atoms with E-state index in [1.165, 1.54) is 37.0 Å². The van der Waals surface area contributed by atoms with E-state index < -0.39 is 0 Å². The summed E-state index contributed by atoms with van der Waals surface area (Å²) in [6, 6.07) is 11.5. The number of rotatable bonds is 6. The van der Waals surface area contributed by atoms with Gasteiger partial charge < -0.3 is 14.2 Å². The molecular weight excluding hydrogens is 348 g/mol. The smallest absolute Gasteiger partial charge is 0.203 e. The monoisotopic (exact) mass is 368 g/mol. The molecule has 0 fully saturated rings. The van der Waals surface area contributed by atoms with E-state index in [1.807, 2.05) is 18.2 Å². The molecule has 0 radical (unpaired) electrons. The third-order valence-corrected chi connectivity index (χ3v) is 5.45. The summed E-state index contributed by atoms with van der Waals surface area (Å²) in [5.74, 6) is 1.26. The minimum absolute atomic E-state index is 0.124. The number of benzene rings is 2. The van der Waals surface area contributed by atoms with Gasteiger partial charge in [-0.15, -0.1) is 11.3 Å². The van der Waals surface area contributed by atoms with Crippen molar-refractivity contribution in [3.8, 4) is 17.2 Å². The van der Waals surface area contributed by atoms with Gasteiger partial charge in [-0.05, 0) is 48.2 Å². The molecule has 2 aromatic carbocycles. The van der Waals surface area contributed by atoms with Gasteiger partial charge in [0.25, 0.3) is 0 Å². The first-order valence-corrected chi connectivity index (χ1v) is 8.91. The molecule has 0 bridgehead atoms. The molecule has 4 nitrogen and oxygen atoms in total. The first-order chi connectivity index (χ1) is 12.6. The number of fused-ring (bicyclic) bond motifs is 1. The van der Waals surface area contributed by atoms with Gasteiger partial charge in [-0.25, -0.2) is 0 Å². The Morgan fingerprint density at radius 2 is 1.65 bits per heavy atom. The number of aryl methyl sites for hydroxylation is 1. The normalized spacial score (nSPS) is 11.1. The molecule has 3 rings (SSSR count). The number of ketones is 1. The van der Waals surface area contributed by atoms with E-state index in [2.05, 4.69) is 19.1 Å². The Morgan fingerprint density at radius 3 is 2.23 bits per heavy atom. The van der Waals surface area contributed by atoms with Crippen molar-refractivity contribution in [2.75, 3.05) is 21.3 Å². The van der Waals surface area contributed by atoms with Gasteiger partial charge in [0.2, 0.25) is 5.75 Å². The molecule has 0 saturated carbocycles. The van der Waals surface area contributed by atoms with E-state index in [0.717, 1.165) is 4.88 Å². The lowest BCUT2D eigenvalue weighted by Gasteiger charge is -2.13. The second-order valence-corrected chi connectivity index (χ2v) is 6.78. The van der Waals surface area contributed by atoms with Gasteiger partial charge in [0.15, 0.2) is 17.3 Å². The summed E-state index contributed by atoms with van der Waals surface area (Å²) in [7, 11) is 4.59. The SMILES string of the molecule is COc1cc(C(=O)/C=C/c2sc3ccccc3c2C)cc(OC)c1OC. The Kier molecular flexibility index (Phi) is 5.28. The maximum absolute atomic E-state index is 12.6. The summed E-state index contributed by atoms with van der Waals surface area (Å²) in [5.41, 5.74) is 1.66. The van der Waals surface area contributed by atoms with Crippen molar-refractivity contribution in [1.82, 2.24) is 0 Å². The molecule has 0 N–H and O–H groups in total. The Bertz CT molecular complexity index is 960. The molecule has 0 atom stereocenters. The maximum Gasteiger partial charge on any atom is 0.203 e. The van der Waals surface area contributed by atoms with E-state index in [4.69, 9.17) is 14.2 Å². The highest BCUT2D eigenvalue weighted by Gasteiger charge is 2.16. The van der Waals surface area contributed by atoms with E-state index in [0.29, 0.717) is 22.8 Å². The molecule has 1 aromatic heterocycles. The van der Waals surface area contributed by atoms with Crippen LogP contribution in [0.1, 0.15) is 20.8 Å². The van der Waals surface area contributed by atoms with Crippen LogP contribution in [0.15, 0.2) is 42.5 Å². The number of carbonyl (C=O) groups excluding carboxylic acids is 1. The standard InChI is InChI=1S/C21H20O4S/c1-13-15-7-5-6-8-20(15)26-19(13)10-9-16(22)14-11-17(23-2)21(25-4)18(12-14)24-3/h5-12H,1-4H3/b10-9+. The predicted molar refractivity (Wildman–Crippen MR) is 106 cm³/mol. The molecule has 3 aromatic rings.